The number of phenols is 1. The van der Waals surface area contributed by atoms with Gasteiger partial charge in [-0.05, 0) is 43.4 Å². The highest BCUT2D eigenvalue weighted by Crippen LogP contribution is 2.40. The highest BCUT2D eigenvalue weighted by Gasteiger charge is 2.30. The highest BCUT2D eigenvalue weighted by atomic mass is 32.2. The summed E-state index contributed by atoms with van der Waals surface area (Å²) in [6, 6.07) is 7.10. The lowest BCUT2D eigenvalue weighted by Crippen LogP contribution is -2.20. The lowest BCUT2D eigenvalue weighted by atomic mass is 10.1. The molecule has 5 rings (SSSR count). The second-order valence-corrected chi connectivity index (χ2v) is 11.1. The van der Waals surface area contributed by atoms with Crippen LogP contribution in [0.25, 0.3) is 0 Å². The van der Waals surface area contributed by atoms with Gasteiger partial charge in [-0.3, -0.25) is 15.3 Å². The van der Waals surface area contributed by atoms with Gasteiger partial charge in [0.25, 0.3) is 11.0 Å². The third kappa shape index (κ3) is 5.72. The Kier molecular flexibility index (Phi) is 7.90. The molecule has 17 heteroatoms. The van der Waals surface area contributed by atoms with E-state index in [1.807, 2.05) is 0 Å². The fourth-order valence-corrected chi connectivity index (χ4v) is 5.16. The number of carboxylic acids is 1. The van der Waals surface area contributed by atoms with Crippen molar-refractivity contribution < 1.29 is 41.7 Å². The molecule has 0 saturated heterocycles. The van der Waals surface area contributed by atoms with Gasteiger partial charge in [-0.2, -0.15) is 4.39 Å². The fraction of sp³-hybridized carbons (Fsp3) is 0.111. The highest BCUT2D eigenvalue weighted by molar-refractivity contribution is 7.91. The monoisotopic (exact) mass is 625 g/mol. The molecule has 3 heterocycles. The molecule has 2 aromatic carbocycles. The van der Waals surface area contributed by atoms with Crippen LogP contribution in [0.5, 0.6) is 28.9 Å². The molecule has 14 nitrogen and oxygen atoms in total. The molecular formula is C27H21F2N7O7S. The van der Waals surface area contributed by atoms with E-state index < -0.39 is 56.1 Å². The third-order valence-corrected chi connectivity index (χ3v) is 7.87. The van der Waals surface area contributed by atoms with Crippen molar-refractivity contribution in [3.05, 3.63) is 83.3 Å². The van der Waals surface area contributed by atoms with Crippen molar-refractivity contribution in [1.29, 1.82) is 5.41 Å². The number of nitrogen functional groups attached to an aromatic ring is 1. The van der Waals surface area contributed by atoms with Crippen LogP contribution in [0, 0.1) is 17.0 Å². The summed E-state index contributed by atoms with van der Waals surface area (Å²) < 4.78 is 68.1. The van der Waals surface area contributed by atoms with Crippen LogP contribution in [-0.4, -0.2) is 70.1 Å². The van der Waals surface area contributed by atoms with Gasteiger partial charge in [0.1, 0.15) is 17.8 Å². The molecule has 1 unspecified atom stereocenters. The SMILES string of the molecule is CN1CC=NC1c1cc(S(=O)(=O)c2ncc(C(=O)O)cn2)ccc1Oc1c(F)cnc(Oc2cc(C(=N)N)ccc2O)c1F. The summed E-state index contributed by atoms with van der Waals surface area (Å²) in [4.78, 5) is 27.7. The van der Waals surface area contributed by atoms with Crippen molar-refractivity contribution in [1.82, 2.24) is 19.9 Å². The number of carbonyl (C=O) groups is 1. The van der Waals surface area contributed by atoms with E-state index in [4.69, 9.17) is 25.7 Å². The first-order valence-corrected chi connectivity index (χ1v) is 13.9. The van der Waals surface area contributed by atoms with E-state index in [0.717, 1.165) is 36.7 Å². The second-order valence-electron chi connectivity index (χ2n) is 9.26. The van der Waals surface area contributed by atoms with Gasteiger partial charge in [0.15, 0.2) is 17.3 Å². The van der Waals surface area contributed by atoms with Crippen LogP contribution in [-0.2, 0) is 9.84 Å². The molecule has 0 aliphatic carbocycles. The molecule has 2 aromatic heterocycles. The predicted octanol–water partition coefficient (Wildman–Crippen LogP) is 3.27. The number of hydrogen-bond acceptors (Lipinski definition) is 12. The summed E-state index contributed by atoms with van der Waals surface area (Å²) >= 11 is 0. The number of benzene rings is 2. The molecule has 0 saturated carbocycles. The number of hydrogen-bond donors (Lipinski definition) is 4. The molecule has 0 radical (unpaired) electrons. The molecule has 226 valence electrons. The number of pyridine rings is 1. The topological polar surface area (TPSA) is 214 Å². The minimum atomic E-state index is -4.38. The number of aliphatic imine (C=N–C) groups is 1. The predicted molar refractivity (Wildman–Crippen MR) is 148 cm³/mol. The van der Waals surface area contributed by atoms with Crippen LogP contribution < -0.4 is 15.2 Å². The number of amidine groups is 1. The first-order chi connectivity index (χ1) is 20.9. The van der Waals surface area contributed by atoms with E-state index in [1.165, 1.54) is 12.1 Å². The maximum absolute atomic E-state index is 15.6. The molecule has 0 bridgehead atoms. The van der Waals surface area contributed by atoms with Gasteiger partial charge in [-0.25, -0.2) is 32.6 Å². The minimum Gasteiger partial charge on any atom is -0.504 e. The van der Waals surface area contributed by atoms with Gasteiger partial charge in [0.2, 0.25) is 21.4 Å². The summed E-state index contributed by atoms with van der Waals surface area (Å²) in [6.07, 6.45) is 3.06. The van der Waals surface area contributed by atoms with Gasteiger partial charge in [-0.15, -0.1) is 0 Å². The van der Waals surface area contributed by atoms with Crippen molar-refractivity contribution in [3.63, 3.8) is 0 Å². The van der Waals surface area contributed by atoms with Crippen LogP contribution in [0.2, 0.25) is 0 Å². The minimum absolute atomic E-state index is 0.106. The molecule has 4 aromatic rings. The van der Waals surface area contributed by atoms with Crippen molar-refractivity contribution in [2.24, 2.45) is 10.7 Å². The number of aromatic nitrogens is 3. The Morgan fingerprint density at radius 3 is 2.41 bits per heavy atom. The van der Waals surface area contributed by atoms with Crippen molar-refractivity contribution in [3.8, 4) is 28.9 Å². The Hall–Kier alpha value is -5.55. The molecule has 44 heavy (non-hydrogen) atoms. The summed E-state index contributed by atoms with van der Waals surface area (Å²) in [5.41, 5.74) is 5.40. The molecule has 1 atom stereocenters. The second kappa shape index (κ2) is 11.6. The van der Waals surface area contributed by atoms with Gasteiger partial charge in [0.05, 0.1) is 16.7 Å². The quantitative estimate of drug-likeness (QED) is 0.120. The number of rotatable bonds is 9. The lowest BCUT2D eigenvalue weighted by Gasteiger charge is -2.22. The summed E-state index contributed by atoms with van der Waals surface area (Å²) in [5, 5.41) is 26.1. The lowest BCUT2D eigenvalue weighted by molar-refractivity contribution is 0.0695. The van der Waals surface area contributed by atoms with Crippen molar-refractivity contribution in [2.45, 2.75) is 16.2 Å². The molecule has 1 aliphatic rings. The molecule has 0 fully saturated rings. The number of nitrogens with one attached hydrogen (secondary N) is 1. The van der Waals surface area contributed by atoms with Gasteiger partial charge >= 0.3 is 5.97 Å². The first kappa shape index (κ1) is 29.9. The number of aromatic carboxylic acids is 1. The van der Waals surface area contributed by atoms with Crippen LogP contribution in [0.4, 0.5) is 8.78 Å². The maximum Gasteiger partial charge on any atom is 0.338 e. The Morgan fingerprint density at radius 2 is 1.77 bits per heavy atom. The number of aromatic hydroxyl groups is 1. The summed E-state index contributed by atoms with van der Waals surface area (Å²) in [7, 11) is -2.70. The van der Waals surface area contributed by atoms with Crippen LogP contribution in [0.3, 0.4) is 0 Å². The zero-order valence-electron chi connectivity index (χ0n) is 22.5. The number of sulfone groups is 1. The number of nitrogens with two attached hydrogens (primary N) is 1. The number of carboxylic acid groups (broad SMARTS) is 1. The normalized spacial score (nSPS) is 14.8. The summed E-state index contributed by atoms with van der Waals surface area (Å²) in [5.74, 6) is -6.98. The largest absolute Gasteiger partial charge is 0.504 e. The molecule has 1 aliphatic heterocycles. The smallest absolute Gasteiger partial charge is 0.338 e. The standard InChI is InChI=1S/C27H21F2N7O7S/c1-36-7-6-32-24(36)16-9-15(44(40,41)27-34-10-14(11-35-27)26(38)39)3-5-19(16)42-22-17(28)12-33-25(21(22)29)43-20-8-13(23(30)31)2-4-18(20)37/h2-6,8-12,24,37H,7H2,1H3,(H3,30,31)(H,38,39). The van der Waals surface area contributed by atoms with Crippen LogP contribution in [0.1, 0.15) is 27.7 Å². The van der Waals surface area contributed by atoms with Crippen molar-refractivity contribution in [2.75, 3.05) is 13.6 Å². The van der Waals surface area contributed by atoms with E-state index in [0.29, 0.717) is 12.7 Å². The molecular weight excluding hydrogens is 604 g/mol. The zero-order valence-corrected chi connectivity index (χ0v) is 23.3. The molecule has 5 N–H and O–H groups in total. The Balaban J connectivity index is 1.54. The van der Waals surface area contributed by atoms with Crippen LogP contribution in [0.15, 0.2) is 70.0 Å². The van der Waals surface area contributed by atoms with E-state index in [9.17, 15) is 22.7 Å². The van der Waals surface area contributed by atoms with Gasteiger partial charge in [-0.1, -0.05) is 0 Å². The molecule has 0 amide bonds. The number of ether oxygens (including phenoxy) is 2. The van der Waals surface area contributed by atoms with E-state index in [1.54, 1.807) is 18.2 Å². The Labute approximate surface area is 247 Å². The third-order valence-electron chi connectivity index (χ3n) is 6.31. The van der Waals surface area contributed by atoms with Crippen molar-refractivity contribution >= 4 is 27.9 Å². The molecule has 0 spiro atoms. The van der Waals surface area contributed by atoms with Gasteiger partial charge < -0.3 is 25.4 Å². The average Bonchev–Trinajstić information content (AvgIpc) is 3.43. The average molecular weight is 626 g/mol. The van der Waals surface area contributed by atoms with E-state index in [2.05, 4.69) is 19.9 Å². The van der Waals surface area contributed by atoms with Crippen LogP contribution >= 0.6 is 0 Å². The van der Waals surface area contributed by atoms with Gasteiger partial charge in [0, 0.05) is 36.3 Å². The Bertz CT molecular complexity index is 1940. The number of nitrogens with zero attached hydrogens (tertiary/aromatic N) is 5. The summed E-state index contributed by atoms with van der Waals surface area (Å²) in [6.45, 7) is 0.375. The number of phenolic OH excluding ortho intramolecular Hbond substituents is 1. The Morgan fingerprint density at radius 1 is 1.05 bits per heavy atom. The maximum atomic E-state index is 15.6. The zero-order chi connectivity index (χ0) is 31.8. The van der Waals surface area contributed by atoms with E-state index in [-0.39, 0.29) is 38.9 Å². The fourth-order valence-electron chi connectivity index (χ4n) is 4.04. The number of halogens is 2. The van der Waals surface area contributed by atoms with E-state index >= 15 is 4.39 Å². The first-order valence-electron chi connectivity index (χ1n) is 12.4.